The Labute approximate surface area is 259 Å². The van der Waals surface area contributed by atoms with Crippen molar-refractivity contribution in [3.8, 4) is 28.5 Å². The lowest BCUT2D eigenvalue weighted by molar-refractivity contribution is 0.102. The molecule has 0 unspecified atom stereocenters. The molecular weight excluding hydrogens is 592 g/mol. The summed E-state index contributed by atoms with van der Waals surface area (Å²) < 4.78 is 41.5. The largest absolute Gasteiger partial charge is 0.495 e. The van der Waals surface area contributed by atoms with Crippen molar-refractivity contribution in [1.82, 2.24) is 23.8 Å². The lowest BCUT2D eigenvalue weighted by Crippen LogP contribution is -2.35. The molecule has 0 spiro atoms. The molecule has 6 aromatic rings. The summed E-state index contributed by atoms with van der Waals surface area (Å²) in [4.78, 5) is 27.4. The number of hydrogen-bond acceptors (Lipinski definition) is 8. The van der Waals surface area contributed by atoms with E-state index in [4.69, 9.17) is 14.1 Å². The number of anilines is 1. The van der Waals surface area contributed by atoms with Crippen LogP contribution >= 0.6 is 0 Å². The van der Waals surface area contributed by atoms with E-state index in [0.29, 0.717) is 40.9 Å². The Morgan fingerprint density at radius 1 is 0.933 bits per heavy atom. The number of aromatic nitrogens is 4. The molecule has 1 fully saturated rings. The molecule has 0 bridgehead atoms. The minimum Gasteiger partial charge on any atom is -0.495 e. The van der Waals surface area contributed by atoms with Crippen LogP contribution in [0.5, 0.6) is 5.75 Å². The van der Waals surface area contributed by atoms with Crippen LogP contribution in [0.15, 0.2) is 88.8 Å². The van der Waals surface area contributed by atoms with Gasteiger partial charge in [-0.3, -0.25) is 4.79 Å². The smallest absolute Gasteiger partial charge is 0.256 e. The standard InChI is InChI=1S/C33H30N6O5S/c1-38-20-35-27-17-22(7-10-29(27)38)21-6-9-26-24(16-21)25(19-28(37-26)33-34-12-15-44-33)32(40)36-23-8-11-30(43-2)31(18-23)45(41,42)39-13-4-3-5-14-39/h6-12,15-20H,3-5,13-14H2,1-2H3,(H,36,40). The zero-order valence-corrected chi connectivity index (χ0v) is 25.5. The Kier molecular flexibility index (Phi) is 7.30. The van der Waals surface area contributed by atoms with Gasteiger partial charge in [0.1, 0.15) is 22.6 Å². The number of hydrogen-bond donors (Lipinski definition) is 1. The number of nitrogens with zero attached hydrogens (tertiary/aromatic N) is 5. The number of fused-ring (bicyclic) bond motifs is 2. The maximum atomic E-state index is 14.0. The van der Waals surface area contributed by atoms with Crippen LogP contribution < -0.4 is 10.1 Å². The van der Waals surface area contributed by atoms with Crippen LogP contribution in [-0.4, -0.2) is 58.3 Å². The Morgan fingerprint density at radius 3 is 2.51 bits per heavy atom. The number of imidazole rings is 1. The number of nitrogens with one attached hydrogen (secondary N) is 1. The highest BCUT2D eigenvalue weighted by atomic mass is 32.2. The van der Waals surface area contributed by atoms with E-state index >= 15 is 0 Å². The average Bonchev–Trinajstić information content (AvgIpc) is 3.74. The Morgan fingerprint density at radius 2 is 1.73 bits per heavy atom. The molecule has 7 rings (SSSR count). The molecule has 0 radical (unpaired) electrons. The third-order valence-corrected chi connectivity index (χ3v) is 10.0. The number of aryl methyl sites for hydroxylation is 1. The molecule has 1 saturated heterocycles. The number of pyridine rings is 1. The first-order chi connectivity index (χ1) is 21.8. The highest BCUT2D eigenvalue weighted by Gasteiger charge is 2.29. The summed E-state index contributed by atoms with van der Waals surface area (Å²) in [5.74, 6) is 0.0441. The highest BCUT2D eigenvalue weighted by molar-refractivity contribution is 7.89. The molecular formula is C33H30N6O5S. The second kappa shape index (κ2) is 11.5. The third kappa shape index (κ3) is 5.32. The van der Waals surface area contributed by atoms with E-state index in [9.17, 15) is 13.2 Å². The van der Waals surface area contributed by atoms with Crippen LogP contribution in [0.4, 0.5) is 5.69 Å². The zero-order valence-electron chi connectivity index (χ0n) is 24.7. The van der Waals surface area contributed by atoms with Crippen molar-refractivity contribution in [2.75, 3.05) is 25.5 Å². The van der Waals surface area contributed by atoms with Gasteiger partial charge in [-0.05, 0) is 72.5 Å². The molecule has 45 heavy (non-hydrogen) atoms. The fourth-order valence-corrected chi connectivity index (χ4v) is 7.47. The van der Waals surface area contributed by atoms with Crippen LogP contribution in [-0.2, 0) is 17.1 Å². The molecule has 1 aliphatic rings. The highest BCUT2D eigenvalue weighted by Crippen LogP contribution is 2.33. The summed E-state index contributed by atoms with van der Waals surface area (Å²) in [7, 11) is -0.453. The second-order valence-electron chi connectivity index (χ2n) is 11.0. The lowest BCUT2D eigenvalue weighted by atomic mass is 9.99. The second-order valence-corrected chi connectivity index (χ2v) is 12.9. The molecule has 0 saturated carbocycles. The van der Waals surface area contributed by atoms with Crippen molar-refractivity contribution >= 4 is 43.6 Å². The van der Waals surface area contributed by atoms with Gasteiger partial charge < -0.3 is 19.0 Å². The number of piperidine rings is 1. The van der Waals surface area contributed by atoms with Gasteiger partial charge in [-0.1, -0.05) is 18.6 Å². The van der Waals surface area contributed by atoms with Crippen LogP contribution in [0.3, 0.4) is 0 Å². The van der Waals surface area contributed by atoms with Gasteiger partial charge in [-0.25, -0.2) is 23.4 Å². The minimum absolute atomic E-state index is 0.0111. The first-order valence-corrected chi connectivity index (χ1v) is 16.0. The van der Waals surface area contributed by atoms with Gasteiger partial charge >= 0.3 is 0 Å². The summed E-state index contributed by atoms with van der Waals surface area (Å²) in [6.45, 7) is 0.897. The van der Waals surface area contributed by atoms with E-state index in [1.165, 1.54) is 29.9 Å². The fraction of sp³-hybridized carbons (Fsp3) is 0.212. The topological polar surface area (TPSA) is 132 Å². The zero-order chi connectivity index (χ0) is 31.1. The molecule has 1 aliphatic heterocycles. The third-order valence-electron chi connectivity index (χ3n) is 8.12. The summed E-state index contributed by atoms with van der Waals surface area (Å²) >= 11 is 0. The van der Waals surface area contributed by atoms with Crippen LogP contribution in [0, 0.1) is 0 Å². The Hall–Kier alpha value is -5.07. The number of sulfonamides is 1. The normalized spacial score (nSPS) is 14.2. The van der Waals surface area contributed by atoms with Gasteiger partial charge in [0.05, 0.1) is 41.7 Å². The number of amides is 1. The van der Waals surface area contributed by atoms with Gasteiger partial charge in [0.2, 0.25) is 15.9 Å². The SMILES string of the molecule is COc1ccc(NC(=O)c2cc(-c3ncco3)nc3ccc(-c4ccc5c(c4)ncn5C)cc23)cc1S(=O)(=O)N1CCCCC1. The summed E-state index contributed by atoms with van der Waals surface area (Å²) in [5, 5.41) is 3.51. The van der Waals surface area contributed by atoms with Gasteiger partial charge in [-0.2, -0.15) is 4.31 Å². The molecule has 11 nitrogen and oxygen atoms in total. The minimum atomic E-state index is -3.83. The fourth-order valence-electron chi connectivity index (χ4n) is 5.77. The van der Waals surface area contributed by atoms with E-state index in [-0.39, 0.29) is 16.5 Å². The number of carbonyl (C=O) groups is 1. The maximum Gasteiger partial charge on any atom is 0.256 e. The van der Waals surface area contributed by atoms with Gasteiger partial charge in [-0.15, -0.1) is 0 Å². The van der Waals surface area contributed by atoms with Crippen molar-refractivity contribution in [3.05, 3.63) is 85.0 Å². The van der Waals surface area contributed by atoms with E-state index < -0.39 is 15.9 Å². The summed E-state index contributed by atoms with van der Waals surface area (Å²) in [6.07, 6.45) is 7.33. The number of benzene rings is 3. The monoisotopic (exact) mass is 622 g/mol. The number of oxazole rings is 1. The van der Waals surface area contributed by atoms with Crippen LogP contribution in [0.1, 0.15) is 29.6 Å². The first-order valence-electron chi connectivity index (χ1n) is 14.6. The quantitative estimate of drug-likeness (QED) is 0.234. The summed E-state index contributed by atoms with van der Waals surface area (Å²) in [6, 6.07) is 18.0. The van der Waals surface area contributed by atoms with Gasteiger partial charge in [0.25, 0.3) is 5.91 Å². The number of carbonyl (C=O) groups excluding carboxylic acids is 1. The molecule has 1 amide bonds. The average molecular weight is 623 g/mol. The van der Waals surface area contributed by atoms with Gasteiger partial charge in [0.15, 0.2) is 0 Å². The molecule has 4 heterocycles. The van der Waals surface area contributed by atoms with E-state index in [0.717, 1.165) is 41.4 Å². The molecule has 3 aromatic carbocycles. The number of ether oxygens (including phenoxy) is 1. The van der Waals surface area contributed by atoms with Crippen molar-refractivity contribution < 1.29 is 22.4 Å². The van der Waals surface area contributed by atoms with E-state index in [1.807, 2.05) is 48.0 Å². The van der Waals surface area contributed by atoms with Crippen LogP contribution in [0.2, 0.25) is 0 Å². The van der Waals surface area contributed by atoms with Crippen molar-refractivity contribution in [1.29, 1.82) is 0 Å². The Balaban J connectivity index is 1.30. The van der Waals surface area contributed by atoms with Crippen molar-refractivity contribution in [3.63, 3.8) is 0 Å². The maximum absolute atomic E-state index is 14.0. The number of methoxy groups -OCH3 is 1. The molecule has 0 atom stereocenters. The molecule has 0 aliphatic carbocycles. The first kappa shape index (κ1) is 28.7. The van der Waals surface area contributed by atoms with Crippen molar-refractivity contribution in [2.24, 2.45) is 7.05 Å². The lowest BCUT2D eigenvalue weighted by Gasteiger charge is -2.26. The predicted molar refractivity (Wildman–Crippen MR) is 171 cm³/mol. The van der Waals surface area contributed by atoms with Crippen molar-refractivity contribution in [2.45, 2.75) is 24.2 Å². The van der Waals surface area contributed by atoms with Crippen LogP contribution in [0.25, 0.3) is 44.6 Å². The van der Waals surface area contributed by atoms with Gasteiger partial charge in [0, 0.05) is 31.2 Å². The number of rotatable bonds is 7. The molecule has 228 valence electrons. The molecule has 1 N–H and O–H groups in total. The molecule has 3 aromatic heterocycles. The summed E-state index contributed by atoms with van der Waals surface area (Å²) in [5.41, 5.74) is 5.30. The Bertz CT molecular complexity index is 2170. The van der Waals surface area contributed by atoms with E-state index in [1.54, 1.807) is 24.5 Å². The van der Waals surface area contributed by atoms with E-state index in [2.05, 4.69) is 15.3 Å². The predicted octanol–water partition coefficient (Wildman–Crippen LogP) is 5.88. The molecule has 12 heteroatoms.